The van der Waals surface area contributed by atoms with Gasteiger partial charge in [0.05, 0.1) is 11.6 Å². The second kappa shape index (κ2) is 4.58. The van der Waals surface area contributed by atoms with Gasteiger partial charge in [0, 0.05) is 22.2 Å². The maximum absolute atomic E-state index is 11.4. The molecule has 0 aromatic heterocycles. The lowest BCUT2D eigenvalue weighted by Gasteiger charge is -2.00. The Balaban J connectivity index is 3.01. The van der Waals surface area contributed by atoms with E-state index in [1.165, 1.54) is 0 Å². The van der Waals surface area contributed by atoms with Crippen molar-refractivity contribution in [1.82, 2.24) is 0 Å². The van der Waals surface area contributed by atoms with E-state index in [1.807, 2.05) is 6.07 Å². The zero-order chi connectivity index (χ0) is 9.68. The summed E-state index contributed by atoms with van der Waals surface area (Å²) >= 11 is 0. The highest BCUT2D eigenvalue weighted by atomic mass is 28.1. The summed E-state index contributed by atoms with van der Waals surface area (Å²) in [5.41, 5.74) is 0.968. The van der Waals surface area contributed by atoms with E-state index < -0.39 is 0 Å². The van der Waals surface area contributed by atoms with Gasteiger partial charge in [0.1, 0.15) is 0 Å². The first kappa shape index (κ1) is 9.68. The molecule has 0 atom stereocenters. The number of benzene rings is 1. The van der Waals surface area contributed by atoms with E-state index in [0.29, 0.717) is 23.6 Å². The van der Waals surface area contributed by atoms with E-state index >= 15 is 0 Å². The van der Waals surface area contributed by atoms with Crippen molar-refractivity contribution < 1.29 is 4.79 Å². The van der Waals surface area contributed by atoms with Gasteiger partial charge in [-0.05, 0) is 6.07 Å². The van der Waals surface area contributed by atoms with Crippen molar-refractivity contribution in [2.75, 3.05) is 0 Å². The fourth-order valence-electron chi connectivity index (χ4n) is 1.07. The summed E-state index contributed by atoms with van der Waals surface area (Å²) in [6.07, 6.45) is 0.426. The molecular weight excluding hydrogens is 178 g/mol. The predicted molar refractivity (Wildman–Crippen MR) is 50.7 cm³/mol. The van der Waals surface area contributed by atoms with Crippen molar-refractivity contribution in [2.45, 2.75) is 12.5 Å². The van der Waals surface area contributed by atoms with Crippen molar-refractivity contribution in [2.24, 2.45) is 0 Å². The normalized spacial score (nSPS) is 9.23. The molecule has 0 aliphatic heterocycles. The van der Waals surface area contributed by atoms with Crippen LogP contribution in [0.3, 0.4) is 0 Å². The second-order valence-corrected chi connectivity index (χ2v) is 3.08. The molecule has 0 saturated carbocycles. The van der Waals surface area contributed by atoms with Crippen LogP contribution in [-0.4, -0.2) is 16.0 Å². The quantitative estimate of drug-likeness (QED) is 0.532. The van der Waals surface area contributed by atoms with Crippen molar-refractivity contribution in [3.05, 3.63) is 35.4 Å². The van der Waals surface area contributed by atoms with Crippen LogP contribution in [0.15, 0.2) is 24.3 Å². The summed E-state index contributed by atoms with van der Waals surface area (Å²) in [6.45, 7) is 0. The van der Waals surface area contributed by atoms with E-state index in [1.54, 1.807) is 24.3 Å². The first-order chi connectivity index (χ1) is 6.29. The number of hydrogen-bond acceptors (Lipinski definition) is 2. The molecule has 1 aromatic rings. The Morgan fingerprint density at radius 3 is 2.77 bits per heavy atom. The first-order valence-electron chi connectivity index (χ1n) is 3.96. The van der Waals surface area contributed by atoms with Gasteiger partial charge in [0.25, 0.3) is 0 Å². The molecule has 0 spiro atoms. The third kappa shape index (κ3) is 2.26. The van der Waals surface area contributed by atoms with Gasteiger partial charge in [0.15, 0.2) is 5.78 Å². The van der Waals surface area contributed by atoms with Gasteiger partial charge in [-0.15, -0.1) is 0 Å². The molecule has 0 heterocycles. The van der Waals surface area contributed by atoms with Gasteiger partial charge in [-0.2, -0.15) is 5.26 Å². The van der Waals surface area contributed by atoms with Crippen molar-refractivity contribution in [1.29, 1.82) is 5.26 Å². The molecular formula is C10H8NOSi. The molecule has 0 N–H and O–H groups in total. The fraction of sp³-hybridized carbons (Fsp3) is 0.200. The lowest BCUT2D eigenvalue weighted by atomic mass is 10.0. The molecule has 1 aromatic carbocycles. The molecule has 0 aliphatic rings. The Morgan fingerprint density at radius 1 is 1.46 bits per heavy atom. The minimum absolute atomic E-state index is 0.00662. The number of Topliss-reactive ketones (excluding diaryl/α,β-unsaturated/α-hetero) is 1. The molecule has 13 heavy (non-hydrogen) atoms. The Kier molecular flexibility index (Phi) is 3.41. The third-order valence-corrected chi connectivity index (χ3v) is 1.95. The monoisotopic (exact) mass is 186 g/mol. The minimum atomic E-state index is 0.00662. The molecule has 0 amide bonds. The summed E-state index contributed by atoms with van der Waals surface area (Å²) in [4.78, 5) is 11.4. The van der Waals surface area contributed by atoms with Gasteiger partial charge < -0.3 is 0 Å². The maximum Gasteiger partial charge on any atom is 0.163 e. The lowest BCUT2D eigenvalue weighted by Crippen LogP contribution is -2.01. The molecule has 0 saturated heterocycles. The van der Waals surface area contributed by atoms with Gasteiger partial charge in [-0.3, -0.25) is 4.79 Å². The molecule has 0 fully saturated rings. The summed E-state index contributed by atoms with van der Waals surface area (Å²) in [6, 6.07) is 9.48. The molecule has 0 unspecified atom stereocenters. The Bertz CT molecular complexity index is 354. The zero-order valence-corrected chi connectivity index (χ0v) is 8.08. The molecule has 0 aliphatic carbocycles. The van der Waals surface area contributed by atoms with Gasteiger partial charge in [-0.1, -0.05) is 24.2 Å². The zero-order valence-electron chi connectivity index (χ0n) is 7.08. The predicted octanol–water partition coefficient (Wildman–Crippen LogP) is 1.72. The Labute approximate surface area is 80.6 Å². The summed E-state index contributed by atoms with van der Waals surface area (Å²) < 4.78 is 0. The number of rotatable bonds is 3. The average molecular weight is 186 g/mol. The van der Waals surface area contributed by atoms with E-state index in [0.717, 1.165) is 0 Å². The molecule has 63 valence electrons. The van der Waals surface area contributed by atoms with E-state index in [4.69, 9.17) is 5.26 Å². The highest BCUT2D eigenvalue weighted by Gasteiger charge is 2.08. The molecule has 0 bridgehead atoms. The van der Waals surface area contributed by atoms with Crippen LogP contribution >= 0.6 is 0 Å². The number of carbonyl (C=O) groups is 1. The van der Waals surface area contributed by atoms with Crippen LogP contribution in [0.5, 0.6) is 0 Å². The first-order valence-corrected chi connectivity index (χ1v) is 4.67. The van der Waals surface area contributed by atoms with Crippen LogP contribution < -0.4 is 0 Å². The summed E-state index contributed by atoms with van der Waals surface area (Å²) in [5, 5.41) is 8.72. The molecule has 3 heteroatoms. The Hall–Kier alpha value is -1.40. The average Bonchev–Trinajstić information content (AvgIpc) is 2.18. The minimum Gasteiger partial charge on any atom is -0.294 e. The summed E-state index contributed by atoms with van der Waals surface area (Å²) in [5.74, 6) is 0.00662. The van der Waals surface area contributed by atoms with Crippen LogP contribution in [0.25, 0.3) is 0 Å². The fourth-order valence-corrected chi connectivity index (χ4v) is 1.30. The van der Waals surface area contributed by atoms with Crippen LogP contribution in [0.4, 0.5) is 0 Å². The topological polar surface area (TPSA) is 40.9 Å². The van der Waals surface area contributed by atoms with Gasteiger partial charge in [0.2, 0.25) is 0 Å². The highest BCUT2D eigenvalue weighted by Crippen LogP contribution is 2.10. The van der Waals surface area contributed by atoms with Crippen molar-refractivity contribution in [3.63, 3.8) is 0 Å². The van der Waals surface area contributed by atoms with E-state index in [2.05, 4.69) is 10.2 Å². The van der Waals surface area contributed by atoms with Crippen molar-refractivity contribution in [3.8, 4) is 6.07 Å². The molecule has 3 radical (unpaired) electrons. The maximum atomic E-state index is 11.4. The smallest absolute Gasteiger partial charge is 0.163 e. The third-order valence-electron chi connectivity index (χ3n) is 1.70. The van der Waals surface area contributed by atoms with Crippen LogP contribution in [0.2, 0.25) is 6.04 Å². The standard InChI is InChI=1S/C10H8NOSi/c11-7-8-3-1-2-4-9(8)10(12)5-6-13/h1-4H,5-6H2. The molecule has 1 rings (SSSR count). The molecule has 2 nitrogen and oxygen atoms in total. The Morgan fingerprint density at radius 2 is 2.15 bits per heavy atom. The van der Waals surface area contributed by atoms with Gasteiger partial charge >= 0.3 is 0 Å². The lowest BCUT2D eigenvalue weighted by molar-refractivity contribution is 0.0988. The van der Waals surface area contributed by atoms with Crippen LogP contribution in [0, 0.1) is 11.3 Å². The second-order valence-electron chi connectivity index (χ2n) is 2.58. The SMILES string of the molecule is N#Cc1ccccc1C(=O)CC[Si]. The number of nitriles is 1. The number of hydrogen-bond donors (Lipinski definition) is 0. The van der Waals surface area contributed by atoms with E-state index in [9.17, 15) is 4.79 Å². The van der Waals surface area contributed by atoms with Crippen LogP contribution in [-0.2, 0) is 0 Å². The van der Waals surface area contributed by atoms with Crippen LogP contribution in [0.1, 0.15) is 22.3 Å². The van der Waals surface area contributed by atoms with Crippen molar-refractivity contribution >= 4 is 16.0 Å². The summed E-state index contributed by atoms with van der Waals surface area (Å²) in [7, 11) is 3.24. The van der Waals surface area contributed by atoms with E-state index in [-0.39, 0.29) is 5.78 Å². The number of nitrogens with zero attached hydrogens (tertiary/aromatic N) is 1. The number of carbonyl (C=O) groups excluding carboxylic acids is 1. The number of ketones is 1. The highest BCUT2D eigenvalue weighted by molar-refractivity contribution is 6.11. The largest absolute Gasteiger partial charge is 0.294 e. The van der Waals surface area contributed by atoms with Gasteiger partial charge in [-0.25, -0.2) is 0 Å².